The van der Waals surface area contributed by atoms with Gasteiger partial charge in [0.05, 0.1) is 10.7 Å². The molecule has 96 valence electrons. The van der Waals surface area contributed by atoms with Gasteiger partial charge < -0.3 is 10.6 Å². The molecule has 1 unspecified atom stereocenters. The van der Waals surface area contributed by atoms with Crippen LogP contribution in [0.15, 0.2) is 0 Å². The predicted octanol–water partition coefficient (Wildman–Crippen LogP) is 3.32. The Bertz CT molecular complexity index is 496. The van der Waals surface area contributed by atoms with Crippen molar-refractivity contribution >= 4 is 22.0 Å². The van der Waals surface area contributed by atoms with Crippen LogP contribution in [0, 0.1) is 17.2 Å². The Hall–Kier alpha value is -1.21. The van der Waals surface area contributed by atoms with Crippen molar-refractivity contribution in [3.8, 4) is 6.07 Å². The Morgan fingerprint density at radius 1 is 1.44 bits per heavy atom. The lowest BCUT2D eigenvalue weighted by molar-refractivity contribution is 0.569. The van der Waals surface area contributed by atoms with Crippen molar-refractivity contribution in [3.05, 3.63) is 10.4 Å². The first-order valence-corrected chi connectivity index (χ1v) is 7.63. The van der Waals surface area contributed by atoms with Crippen LogP contribution in [-0.4, -0.2) is 13.1 Å². The van der Waals surface area contributed by atoms with Crippen LogP contribution >= 0.6 is 11.3 Å². The van der Waals surface area contributed by atoms with Crippen molar-refractivity contribution in [2.45, 2.75) is 38.5 Å². The molecule has 2 N–H and O–H groups in total. The summed E-state index contributed by atoms with van der Waals surface area (Å²) in [7, 11) is 0. The van der Waals surface area contributed by atoms with Gasteiger partial charge in [-0.15, -0.1) is 11.3 Å². The fourth-order valence-corrected chi connectivity index (χ4v) is 4.02. The van der Waals surface area contributed by atoms with Gasteiger partial charge in [0.1, 0.15) is 10.9 Å². The molecule has 1 aromatic heterocycles. The molecule has 0 bridgehead atoms. The molecule has 18 heavy (non-hydrogen) atoms. The summed E-state index contributed by atoms with van der Waals surface area (Å²) in [4.78, 5) is 3.18. The van der Waals surface area contributed by atoms with Gasteiger partial charge in [-0.1, -0.05) is 13.3 Å². The fraction of sp³-hybridized carbons (Fsp3) is 0.643. The first-order chi connectivity index (χ1) is 8.74. The quantitative estimate of drug-likeness (QED) is 0.908. The van der Waals surface area contributed by atoms with Crippen LogP contribution < -0.4 is 10.6 Å². The number of rotatable bonds is 3. The van der Waals surface area contributed by atoms with Crippen LogP contribution in [0.1, 0.15) is 49.0 Å². The van der Waals surface area contributed by atoms with E-state index in [0.29, 0.717) is 10.8 Å². The molecule has 0 amide bonds. The molecule has 2 aliphatic rings. The highest BCUT2D eigenvalue weighted by atomic mass is 32.1. The number of nitrogens with zero attached hydrogens (tertiary/aromatic N) is 2. The zero-order chi connectivity index (χ0) is 12.7. The first kappa shape index (κ1) is 11.9. The van der Waals surface area contributed by atoms with Crippen molar-refractivity contribution in [1.82, 2.24) is 0 Å². The number of nitriles is 1. The van der Waals surface area contributed by atoms with E-state index in [2.05, 4.69) is 17.9 Å². The molecule has 2 fully saturated rings. The van der Waals surface area contributed by atoms with Crippen molar-refractivity contribution < 1.29 is 0 Å². The molecule has 0 spiro atoms. The third-order valence-corrected chi connectivity index (χ3v) is 5.39. The third kappa shape index (κ3) is 1.87. The zero-order valence-electron chi connectivity index (χ0n) is 10.8. The highest BCUT2D eigenvalue weighted by molar-refractivity contribution is 7.17. The lowest BCUT2D eigenvalue weighted by Crippen LogP contribution is -2.19. The van der Waals surface area contributed by atoms with Gasteiger partial charge in [0, 0.05) is 18.7 Å². The normalized spacial score (nSPS) is 23.3. The predicted molar refractivity (Wildman–Crippen MR) is 76.0 cm³/mol. The smallest absolute Gasteiger partial charge is 0.130 e. The van der Waals surface area contributed by atoms with E-state index in [1.807, 2.05) is 0 Å². The Labute approximate surface area is 112 Å². The van der Waals surface area contributed by atoms with E-state index in [-0.39, 0.29) is 0 Å². The summed E-state index contributed by atoms with van der Waals surface area (Å²) in [6.45, 7) is 4.53. The van der Waals surface area contributed by atoms with Gasteiger partial charge in [-0.25, -0.2) is 0 Å². The lowest BCUT2D eigenvalue weighted by Gasteiger charge is -2.18. The molecule has 1 aromatic rings. The molecule has 1 atom stereocenters. The molecule has 3 rings (SSSR count). The maximum Gasteiger partial charge on any atom is 0.130 e. The van der Waals surface area contributed by atoms with Gasteiger partial charge in [-0.3, -0.25) is 0 Å². The van der Waals surface area contributed by atoms with Gasteiger partial charge >= 0.3 is 0 Å². The molecule has 3 nitrogen and oxygen atoms in total. The number of anilines is 2. The number of hydrogen-bond donors (Lipinski definition) is 1. The molecule has 4 heteroatoms. The third-order valence-electron chi connectivity index (χ3n) is 4.20. The SMILES string of the molecule is CCC1CCN(c2sc(C#N)c(N)c2C2CC2)C1. The van der Waals surface area contributed by atoms with Crippen molar-refractivity contribution in [1.29, 1.82) is 5.26 Å². The van der Waals surface area contributed by atoms with Crippen molar-refractivity contribution in [2.75, 3.05) is 23.7 Å². The van der Waals surface area contributed by atoms with Gasteiger partial charge in [-0.05, 0) is 31.1 Å². The average Bonchev–Trinajstić information content (AvgIpc) is 3.00. The molecule has 1 aliphatic carbocycles. The van der Waals surface area contributed by atoms with E-state index in [4.69, 9.17) is 11.0 Å². The molecule has 1 aliphatic heterocycles. The highest BCUT2D eigenvalue weighted by Gasteiger charge is 2.34. The Balaban J connectivity index is 1.94. The number of nitrogens with two attached hydrogens (primary N) is 1. The summed E-state index contributed by atoms with van der Waals surface area (Å²) < 4.78 is 0. The molecular weight excluding hydrogens is 242 g/mol. The summed E-state index contributed by atoms with van der Waals surface area (Å²) in [5.41, 5.74) is 8.20. The van der Waals surface area contributed by atoms with Gasteiger partial charge in [0.15, 0.2) is 0 Å². The number of thiophene rings is 1. The van der Waals surface area contributed by atoms with Gasteiger partial charge in [-0.2, -0.15) is 5.26 Å². The zero-order valence-corrected chi connectivity index (χ0v) is 11.6. The maximum atomic E-state index is 9.16. The van der Waals surface area contributed by atoms with Crippen LogP contribution in [0.2, 0.25) is 0 Å². The summed E-state index contributed by atoms with van der Waals surface area (Å²) in [5, 5.41) is 10.5. The van der Waals surface area contributed by atoms with Crippen LogP contribution in [0.3, 0.4) is 0 Å². The summed E-state index contributed by atoms with van der Waals surface area (Å²) in [6.07, 6.45) is 5.01. The minimum Gasteiger partial charge on any atom is -0.397 e. The summed E-state index contributed by atoms with van der Waals surface area (Å²) >= 11 is 1.60. The molecule has 1 saturated heterocycles. The second-order valence-electron chi connectivity index (χ2n) is 5.46. The molecule has 1 saturated carbocycles. The first-order valence-electron chi connectivity index (χ1n) is 6.81. The molecular formula is C14H19N3S. The topological polar surface area (TPSA) is 53.0 Å². The van der Waals surface area contributed by atoms with Crippen LogP contribution in [0.25, 0.3) is 0 Å². The molecule has 2 heterocycles. The van der Waals surface area contributed by atoms with E-state index in [0.717, 1.165) is 24.7 Å². The Morgan fingerprint density at radius 3 is 2.78 bits per heavy atom. The highest BCUT2D eigenvalue weighted by Crippen LogP contribution is 2.52. The largest absolute Gasteiger partial charge is 0.397 e. The van der Waals surface area contributed by atoms with Crippen LogP contribution in [0.5, 0.6) is 0 Å². The average molecular weight is 261 g/mol. The standard InChI is InChI=1S/C14H19N3S/c1-2-9-5-6-17(8-9)14-12(10-3-4-10)13(16)11(7-15)18-14/h9-10H,2-6,8,16H2,1H3. The van der Waals surface area contributed by atoms with E-state index in [1.54, 1.807) is 11.3 Å². The number of nitrogen functional groups attached to an aromatic ring is 1. The van der Waals surface area contributed by atoms with E-state index < -0.39 is 0 Å². The Kier molecular flexibility index (Phi) is 2.95. The van der Waals surface area contributed by atoms with E-state index in [9.17, 15) is 0 Å². The Morgan fingerprint density at radius 2 is 2.22 bits per heavy atom. The van der Waals surface area contributed by atoms with E-state index >= 15 is 0 Å². The molecule has 0 radical (unpaired) electrons. The van der Waals surface area contributed by atoms with Crippen LogP contribution in [0.4, 0.5) is 10.7 Å². The molecule has 0 aromatic carbocycles. The van der Waals surface area contributed by atoms with Crippen molar-refractivity contribution in [3.63, 3.8) is 0 Å². The van der Waals surface area contributed by atoms with Crippen LogP contribution in [-0.2, 0) is 0 Å². The summed E-state index contributed by atoms with van der Waals surface area (Å²) in [5.74, 6) is 1.44. The minimum atomic E-state index is 0.624. The van der Waals surface area contributed by atoms with E-state index in [1.165, 1.54) is 36.2 Å². The summed E-state index contributed by atoms with van der Waals surface area (Å²) in [6, 6.07) is 2.25. The second-order valence-corrected chi connectivity index (χ2v) is 6.46. The number of hydrogen-bond acceptors (Lipinski definition) is 4. The van der Waals surface area contributed by atoms with Gasteiger partial charge in [0.25, 0.3) is 0 Å². The monoisotopic (exact) mass is 261 g/mol. The second kappa shape index (κ2) is 4.47. The fourth-order valence-electron chi connectivity index (χ4n) is 2.88. The minimum absolute atomic E-state index is 0.624. The van der Waals surface area contributed by atoms with Gasteiger partial charge in [0.2, 0.25) is 0 Å². The maximum absolute atomic E-state index is 9.16. The lowest BCUT2D eigenvalue weighted by atomic mass is 10.1. The van der Waals surface area contributed by atoms with Crippen molar-refractivity contribution in [2.24, 2.45) is 5.92 Å².